The second kappa shape index (κ2) is 9.54. The van der Waals surface area contributed by atoms with Gasteiger partial charge in [-0.1, -0.05) is 6.07 Å². The van der Waals surface area contributed by atoms with Crippen molar-refractivity contribution in [3.05, 3.63) is 29.6 Å². The highest BCUT2D eigenvalue weighted by Gasteiger charge is 2.43. The third-order valence-electron chi connectivity index (χ3n) is 7.08. The monoisotopic (exact) mass is 427 g/mol. The van der Waals surface area contributed by atoms with Crippen LogP contribution in [0.2, 0.25) is 0 Å². The molecule has 1 unspecified atom stereocenters. The third-order valence-corrected chi connectivity index (χ3v) is 7.08. The smallest absolute Gasteiger partial charge is 0.238 e. The van der Waals surface area contributed by atoms with Gasteiger partial charge in [-0.15, -0.1) is 0 Å². The lowest BCUT2D eigenvalue weighted by Gasteiger charge is -2.35. The summed E-state index contributed by atoms with van der Waals surface area (Å²) in [7, 11) is 4.18. The SMILES string of the molecule is CN(C)CC1CCCN(c2ccc(C[C@@H](C#N)NC(=O)[C@H]3N[C@@H]4CC[C@H]3C4)c(F)c2)C1. The lowest BCUT2D eigenvalue weighted by atomic mass is 9.96. The predicted octanol–water partition coefficient (Wildman–Crippen LogP) is 2.30. The summed E-state index contributed by atoms with van der Waals surface area (Å²) in [6.07, 6.45) is 5.73. The average Bonchev–Trinajstić information content (AvgIpc) is 3.38. The topological polar surface area (TPSA) is 71.4 Å². The molecule has 3 fully saturated rings. The molecule has 0 spiro atoms. The van der Waals surface area contributed by atoms with Crippen LogP contribution in [0.5, 0.6) is 0 Å². The summed E-state index contributed by atoms with van der Waals surface area (Å²) in [6.45, 7) is 2.92. The van der Waals surface area contributed by atoms with Crippen LogP contribution in [0.1, 0.15) is 37.7 Å². The van der Waals surface area contributed by atoms with Gasteiger partial charge in [-0.25, -0.2) is 4.39 Å². The Kier molecular flexibility index (Phi) is 6.78. The molecule has 1 amide bonds. The molecule has 2 bridgehead atoms. The second-order valence-corrected chi connectivity index (χ2v) is 9.80. The highest BCUT2D eigenvalue weighted by atomic mass is 19.1. The van der Waals surface area contributed by atoms with Gasteiger partial charge >= 0.3 is 0 Å². The molecule has 2 heterocycles. The summed E-state index contributed by atoms with van der Waals surface area (Å²) in [5.74, 6) is 0.515. The molecule has 2 saturated heterocycles. The van der Waals surface area contributed by atoms with Crippen molar-refractivity contribution in [1.82, 2.24) is 15.5 Å². The van der Waals surface area contributed by atoms with Gasteiger partial charge in [0, 0.05) is 37.8 Å². The van der Waals surface area contributed by atoms with Gasteiger partial charge in [0.2, 0.25) is 5.91 Å². The summed E-state index contributed by atoms with van der Waals surface area (Å²) < 4.78 is 14.9. The number of anilines is 1. The van der Waals surface area contributed by atoms with E-state index in [0.717, 1.165) is 51.0 Å². The fourth-order valence-corrected chi connectivity index (χ4v) is 5.62. The second-order valence-electron chi connectivity index (χ2n) is 9.80. The van der Waals surface area contributed by atoms with Gasteiger partial charge in [0.25, 0.3) is 0 Å². The summed E-state index contributed by atoms with van der Waals surface area (Å²) in [4.78, 5) is 17.1. The first-order chi connectivity index (χ1) is 14.9. The summed E-state index contributed by atoms with van der Waals surface area (Å²) >= 11 is 0. The van der Waals surface area contributed by atoms with Gasteiger partial charge in [-0.3, -0.25) is 4.79 Å². The Morgan fingerprint density at radius 3 is 2.87 bits per heavy atom. The first-order valence-corrected chi connectivity index (χ1v) is 11.6. The number of amides is 1. The molecule has 0 radical (unpaired) electrons. The van der Waals surface area contributed by atoms with Gasteiger partial charge in [0.05, 0.1) is 12.1 Å². The molecule has 5 atom stereocenters. The largest absolute Gasteiger partial charge is 0.371 e. The molecular formula is C24H34FN5O. The zero-order valence-electron chi connectivity index (χ0n) is 18.6. The Bertz CT molecular complexity index is 838. The standard InChI is InChI=1S/C24H34FN5O/c1-29(2)14-16-4-3-9-30(15-16)21-8-6-17(22(25)12-21)10-20(13-26)28-24(31)23-18-5-7-19(11-18)27-23/h6,8,12,16,18-20,23,27H,3-5,7,9-11,14-15H2,1-2H3,(H,28,31)/t16?,18-,19+,20-,23-/m0/s1. The average molecular weight is 428 g/mol. The van der Waals surface area contributed by atoms with Crippen molar-refractivity contribution < 1.29 is 9.18 Å². The number of benzene rings is 1. The zero-order chi connectivity index (χ0) is 22.0. The first kappa shape index (κ1) is 22.0. The minimum atomic E-state index is -0.728. The van der Waals surface area contributed by atoms with E-state index < -0.39 is 6.04 Å². The van der Waals surface area contributed by atoms with Gasteiger partial charge in [-0.2, -0.15) is 5.26 Å². The Morgan fingerprint density at radius 2 is 2.23 bits per heavy atom. The van der Waals surface area contributed by atoms with Crippen molar-refractivity contribution in [3.8, 4) is 6.07 Å². The van der Waals surface area contributed by atoms with E-state index >= 15 is 0 Å². The molecule has 1 saturated carbocycles. The van der Waals surface area contributed by atoms with Crippen LogP contribution in [0.15, 0.2) is 18.2 Å². The highest BCUT2D eigenvalue weighted by Crippen LogP contribution is 2.35. The fraction of sp³-hybridized carbons (Fsp3) is 0.667. The summed E-state index contributed by atoms with van der Waals surface area (Å²) in [5, 5.41) is 15.7. The molecule has 3 aliphatic rings. The van der Waals surface area contributed by atoms with E-state index in [-0.39, 0.29) is 24.2 Å². The molecule has 1 aromatic carbocycles. The maximum atomic E-state index is 14.9. The van der Waals surface area contributed by atoms with Crippen molar-refractivity contribution >= 4 is 11.6 Å². The van der Waals surface area contributed by atoms with E-state index in [4.69, 9.17) is 0 Å². The lowest BCUT2D eigenvalue weighted by molar-refractivity contribution is -0.124. The number of rotatable bonds is 7. The number of nitrogens with one attached hydrogen (secondary N) is 2. The number of carbonyl (C=O) groups excluding carboxylic acids is 1. The quantitative estimate of drug-likeness (QED) is 0.699. The van der Waals surface area contributed by atoms with Crippen LogP contribution < -0.4 is 15.5 Å². The van der Waals surface area contributed by atoms with E-state index in [1.807, 2.05) is 6.07 Å². The van der Waals surface area contributed by atoms with E-state index in [2.05, 4.69) is 40.6 Å². The molecule has 1 aromatic rings. The van der Waals surface area contributed by atoms with Gasteiger partial charge in [-0.05, 0) is 75.7 Å². The predicted molar refractivity (Wildman–Crippen MR) is 119 cm³/mol. The van der Waals surface area contributed by atoms with Gasteiger partial charge in [0.1, 0.15) is 11.9 Å². The van der Waals surface area contributed by atoms with Crippen molar-refractivity contribution in [2.24, 2.45) is 11.8 Å². The molecular weight excluding hydrogens is 393 g/mol. The molecule has 6 nitrogen and oxygen atoms in total. The lowest BCUT2D eigenvalue weighted by Crippen LogP contribution is -2.50. The third kappa shape index (κ3) is 5.19. The highest BCUT2D eigenvalue weighted by molar-refractivity contribution is 5.83. The Labute approximate surface area is 184 Å². The van der Waals surface area contributed by atoms with Crippen LogP contribution in [0.25, 0.3) is 0 Å². The Balaban J connectivity index is 1.36. The van der Waals surface area contributed by atoms with E-state index in [1.165, 1.54) is 6.42 Å². The number of nitrogens with zero attached hydrogens (tertiary/aromatic N) is 3. The molecule has 0 aromatic heterocycles. The number of fused-ring (bicyclic) bond motifs is 2. The molecule has 7 heteroatoms. The van der Waals surface area contributed by atoms with E-state index in [9.17, 15) is 14.4 Å². The number of piperidine rings is 2. The molecule has 2 aliphatic heterocycles. The van der Waals surface area contributed by atoms with Crippen molar-refractivity contribution in [2.75, 3.05) is 38.6 Å². The molecule has 1 aliphatic carbocycles. The number of hydrogen-bond acceptors (Lipinski definition) is 5. The Morgan fingerprint density at radius 1 is 1.39 bits per heavy atom. The van der Waals surface area contributed by atoms with Crippen LogP contribution in [-0.2, 0) is 11.2 Å². The van der Waals surface area contributed by atoms with Crippen molar-refractivity contribution in [2.45, 2.75) is 56.7 Å². The van der Waals surface area contributed by atoms with Crippen molar-refractivity contribution in [1.29, 1.82) is 5.26 Å². The van der Waals surface area contributed by atoms with Crippen LogP contribution in [0, 0.1) is 29.0 Å². The van der Waals surface area contributed by atoms with E-state index in [0.29, 0.717) is 23.4 Å². The minimum Gasteiger partial charge on any atom is -0.371 e. The number of halogens is 1. The minimum absolute atomic E-state index is 0.129. The fourth-order valence-electron chi connectivity index (χ4n) is 5.62. The Hall–Kier alpha value is -2.17. The first-order valence-electron chi connectivity index (χ1n) is 11.6. The molecule has 168 valence electrons. The molecule has 31 heavy (non-hydrogen) atoms. The maximum absolute atomic E-state index is 14.9. The van der Waals surface area contributed by atoms with Crippen LogP contribution in [0.4, 0.5) is 10.1 Å². The zero-order valence-corrected chi connectivity index (χ0v) is 18.6. The number of carbonyl (C=O) groups is 1. The van der Waals surface area contributed by atoms with Gasteiger partial charge in [0.15, 0.2) is 0 Å². The van der Waals surface area contributed by atoms with Crippen molar-refractivity contribution in [3.63, 3.8) is 0 Å². The summed E-state index contributed by atoms with van der Waals surface area (Å²) in [5.41, 5.74) is 1.37. The number of hydrogen-bond donors (Lipinski definition) is 2. The molecule has 4 rings (SSSR count). The van der Waals surface area contributed by atoms with Crippen LogP contribution >= 0.6 is 0 Å². The maximum Gasteiger partial charge on any atom is 0.238 e. The van der Waals surface area contributed by atoms with Gasteiger partial charge < -0.3 is 20.4 Å². The van der Waals surface area contributed by atoms with Crippen LogP contribution in [-0.4, -0.2) is 62.7 Å². The number of nitriles is 1. The molecule has 2 N–H and O–H groups in total. The normalized spacial score (nSPS) is 28.5. The summed E-state index contributed by atoms with van der Waals surface area (Å²) in [6, 6.07) is 6.93. The van der Waals surface area contributed by atoms with Crippen LogP contribution in [0.3, 0.4) is 0 Å². The van der Waals surface area contributed by atoms with E-state index in [1.54, 1.807) is 12.1 Å².